The van der Waals surface area contributed by atoms with Crippen LogP contribution in [0.3, 0.4) is 0 Å². The van der Waals surface area contributed by atoms with E-state index >= 15 is 0 Å². The fraction of sp³-hybridized carbons (Fsp3) is 0.400. The summed E-state index contributed by atoms with van der Waals surface area (Å²) in [6.45, 7) is 2.32. The fourth-order valence-corrected chi connectivity index (χ4v) is 3.50. The third kappa shape index (κ3) is 3.38. The third-order valence-corrected chi connectivity index (χ3v) is 4.97. The molecule has 0 aliphatic heterocycles. The Bertz CT molecular complexity index is 646. The zero-order chi connectivity index (χ0) is 13.9. The van der Waals surface area contributed by atoms with Crippen LogP contribution in [0.15, 0.2) is 16.6 Å². The first kappa shape index (κ1) is 14.1. The molecule has 0 fully saturated rings. The summed E-state index contributed by atoms with van der Waals surface area (Å²) in [4.78, 5) is 4.27. The Hall–Kier alpha value is -1.29. The van der Waals surface area contributed by atoms with Crippen molar-refractivity contribution < 1.29 is 8.42 Å². The van der Waals surface area contributed by atoms with Crippen LogP contribution >= 0.6 is 11.3 Å². The van der Waals surface area contributed by atoms with Gasteiger partial charge in [-0.15, -0.1) is 11.3 Å². The lowest BCUT2D eigenvalue weighted by Gasteiger charge is -2.05. The van der Waals surface area contributed by atoms with Crippen LogP contribution in [0, 0.1) is 6.92 Å². The first-order chi connectivity index (χ1) is 9.03. The number of aryl methyl sites for hydroxylation is 1. The highest BCUT2D eigenvalue weighted by Crippen LogP contribution is 2.12. The molecule has 0 amide bonds. The van der Waals surface area contributed by atoms with Gasteiger partial charge in [0.1, 0.15) is 0 Å². The van der Waals surface area contributed by atoms with Crippen LogP contribution in [0.1, 0.15) is 16.3 Å². The predicted molar refractivity (Wildman–Crippen MR) is 72.2 cm³/mol. The highest BCUT2D eigenvalue weighted by atomic mass is 32.2. The number of rotatable bonds is 6. The lowest BCUT2D eigenvalue weighted by molar-refractivity contribution is 0.576. The highest BCUT2D eigenvalue weighted by Gasteiger charge is 2.19. The van der Waals surface area contributed by atoms with Gasteiger partial charge in [-0.3, -0.25) is 5.10 Å². The van der Waals surface area contributed by atoms with Crippen LogP contribution in [-0.2, 0) is 23.0 Å². The Morgan fingerprint density at radius 1 is 1.53 bits per heavy atom. The number of sulfonamides is 1. The monoisotopic (exact) mass is 301 g/mol. The summed E-state index contributed by atoms with van der Waals surface area (Å²) in [5, 5.41) is 9.03. The maximum atomic E-state index is 12.0. The van der Waals surface area contributed by atoms with Crippen LogP contribution in [0.5, 0.6) is 0 Å². The molecule has 0 bridgehead atoms. The summed E-state index contributed by atoms with van der Waals surface area (Å²) in [7, 11) is -3.59. The van der Waals surface area contributed by atoms with Crippen molar-refractivity contribution in [2.75, 3.05) is 6.54 Å². The number of nitrogens with zero attached hydrogens (tertiary/aromatic N) is 2. The Morgan fingerprint density at radius 2 is 2.32 bits per heavy atom. The van der Waals surface area contributed by atoms with E-state index in [0.29, 0.717) is 12.0 Å². The second-order valence-electron chi connectivity index (χ2n) is 3.96. The molecule has 104 valence electrons. The van der Waals surface area contributed by atoms with Crippen molar-refractivity contribution in [2.45, 2.75) is 24.9 Å². The van der Waals surface area contributed by atoms with Gasteiger partial charge in [-0.25, -0.2) is 18.1 Å². The summed E-state index contributed by atoms with van der Waals surface area (Å²) >= 11 is 1.52. The Labute approximate surface area is 115 Å². The second-order valence-corrected chi connectivity index (χ2v) is 6.61. The van der Waals surface area contributed by atoms with E-state index in [9.17, 15) is 8.42 Å². The van der Waals surface area contributed by atoms with Gasteiger partial charge < -0.3 is 5.73 Å². The van der Waals surface area contributed by atoms with Crippen molar-refractivity contribution in [2.24, 2.45) is 5.73 Å². The number of aromatic amines is 1. The summed E-state index contributed by atoms with van der Waals surface area (Å²) in [5.74, 6) is 0. The molecule has 2 aromatic rings. The van der Waals surface area contributed by atoms with Crippen LogP contribution in [-0.4, -0.2) is 30.1 Å². The zero-order valence-corrected chi connectivity index (χ0v) is 12.0. The molecular weight excluding hydrogens is 286 g/mol. The Kier molecular flexibility index (Phi) is 4.30. The van der Waals surface area contributed by atoms with Crippen LogP contribution in [0.25, 0.3) is 0 Å². The van der Waals surface area contributed by atoms with E-state index in [0.717, 1.165) is 10.7 Å². The molecule has 0 aliphatic carbocycles. The molecule has 0 aliphatic rings. The minimum absolute atomic E-state index is 0.0327. The van der Waals surface area contributed by atoms with Crippen molar-refractivity contribution in [3.63, 3.8) is 0 Å². The molecule has 7 nitrogen and oxygen atoms in total. The molecule has 4 N–H and O–H groups in total. The van der Waals surface area contributed by atoms with E-state index in [1.807, 2.05) is 12.3 Å². The molecule has 0 unspecified atom stereocenters. The van der Waals surface area contributed by atoms with Crippen LogP contribution in [0.2, 0.25) is 0 Å². The maximum Gasteiger partial charge on any atom is 0.257 e. The minimum atomic E-state index is -3.59. The van der Waals surface area contributed by atoms with Gasteiger partial charge in [-0.2, -0.15) is 5.10 Å². The first-order valence-corrected chi connectivity index (χ1v) is 8.02. The second kappa shape index (κ2) is 5.78. The maximum absolute atomic E-state index is 12.0. The van der Waals surface area contributed by atoms with E-state index in [1.165, 1.54) is 17.5 Å². The zero-order valence-electron chi connectivity index (χ0n) is 10.4. The van der Waals surface area contributed by atoms with E-state index in [-0.39, 0.29) is 18.1 Å². The summed E-state index contributed by atoms with van der Waals surface area (Å²) in [5.41, 5.74) is 6.87. The van der Waals surface area contributed by atoms with Crippen molar-refractivity contribution >= 4 is 21.4 Å². The van der Waals surface area contributed by atoms with Gasteiger partial charge in [0.15, 0.2) is 5.03 Å². The lowest BCUT2D eigenvalue weighted by Crippen LogP contribution is -2.27. The van der Waals surface area contributed by atoms with Gasteiger partial charge in [0, 0.05) is 36.1 Å². The fourth-order valence-electron chi connectivity index (χ4n) is 1.56. The molecule has 0 atom stereocenters. The number of nitrogens with one attached hydrogen (secondary N) is 2. The van der Waals surface area contributed by atoms with Crippen LogP contribution < -0.4 is 10.5 Å². The summed E-state index contributed by atoms with van der Waals surface area (Å²) in [6, 6.07) is 0. The van der Waals surface area contributed by atoms with E-state index in [2.05, 4.69) is 19.9 Å². The lowest BCUT2D eigenvalue weighted by atomic mass is 10.4. The molecule has 2 aromatic heterocycles. The van der Waals surface area contributed by atoms with Gasteiger partial charge >= 0.3 is 0 Å². The molecule has 0 spiro atoms. The third-order valence-electron chi connectivity index (χ3n) is 2.46. The van der Waals surface area contributed by atoms with Crippen molar-refractivity contribution in [1.29, 1.82) is 0 Å². The van der Waals surface area contributed by atoms with Gasteiger partial charge in [-0.1, -0.05) is 0 Å². The van der Waals surface area contributed by atoms with E-state index in [4.69, 9.17) is 5.73 Å². The van der Waals surface area contributed by atoms with Crippen LogP contribution in [0.4, 0.5) is 0 Å². The smallest absolute Gasteiger partial charge is 0.257 e. The first-order valence-electron chi connectivity index (χ1n) is 5.66. The van der Waals surface area contributed by atoms with Crippen molar-refractivity contribution in [1.82, 2.24) is 19.9 Å². The molecule has 9 heteroatoms. The molecule has 19 heavy (non-hydrogen) atoms. The van der Waals surface area contributed by atoms with E-state index < -0.39 is 10.0 Å². The summed E-state index contributed by atoms with van der Waals surface area (Å²) < 4.78 is 26.5. The number of hydrogen-bond acceptors (Lipinski definition) is 6. The topological polar surface area (TPSA) is 114 Å². The molecule has 2 rings (SSSR count). The SMILES string of the molecule is Cc1csc(CCNS(=O)(=O)c2[nH]ncc2CN)n1. The number of hydrogen-bond donors (Lipinski definition) is 3. The largest absolute Gasteiger partial charge is 0.326 e. The van der Waals surface area contributed by atoms with Crippen molar-refractivity contribution in [3.8, 4) is 0 Å². The number of H-pyrrole nitrogens is 1. The minimum Gasteiger partial charge on any atom is -0.326 e. The normalized spacial score (nSPS) is 11.9. The molecule has 0 radical (unpaired) electrons. The van der Waals surface area contributed by atoms with Crippen molar-refractivity contribution in [3.05, 3.63) is 27.8 Å². The molecule has 0 saturated carbocycles. The van der Waals surface area contributed by atoms with Gasteiger partial charge in [0.2, 0.25) is 0 Å². The Morgan fingerprint density at radius 3 is 2.95 bits per heavy atom. The van der Waals surface area contributed by atoms with Gasteiger partial charge in [-0.05, 0) is 6.92 Å². The van der Waals surface area contributed by atoms with Gasteiger partial charge in [0.05, 0.1) is 11.2 Å². The average Bonchev–Trinajstić information content (AvgIpc) is 2.97. The quantitative estimate of drug-likeness (QED) is 0.703. The Balaban J connectivity index is 1.98. The van der Waals surface area contributed by atoms with Gasteiger partial charge in [0.25, 0.3) is 10.0 Å². The molecule has 0 saturated heterocycles. The molecular formula is C10H15N5O2S2. The number of aromatic nitrogens is 3. The number of nitrogens with two attached hydrogens (primary N) is 1. The molecule has 0 aromatic carbocycles. The molecule has 2 heterocycles. The predicted octanol–water partition coefficient (Wildman–Crippen LogP) is 0.154. The van der Waals surface area contributed by atoms with E-state index in [1.54, 1.807) is 0 Å². The summed E-state index contributed by atoms with van der Waals surface area (Å²) in [6.07, 6.45) is 1.97. The standard InChI is InChI=1S/C10H15N5O2S2/c1-7-6-18-9(14-7)2-3-13-19(16,17)10-8(4-11)5-12-15-10/h5-6,13H,2-4,11H2,1H3,(H,12,15). The highest BCUT2D eigenvalue weighted by molar-refractivity contribution is 7.89. The number of thiazole rings is 1. The average molecular weight is 301 g/mol.